The molecule has 0 radical (unpaired) electrons. The molecule has 0 amide bonds. The number of phenolic OH excluding ortho intramolecular Hbond substituents is 1. The number of aromatic hydroxyl groups is 1. The van der Waals surface area contributed by atoms with Gasteiger partial charge in [-0.3, -0.25) is 0 Å². The first-order valence-corrected chi connectivity index (χ1v) is 8.96. The van der Waals surface area contributed by atoms with E-state index < -0.39 is 6.23 Å². The summed E-state index contributed by atoms with van der Waals surface area (Å²) < 4.78 is 16.9. The first kappa shape index (κ1) is 17.8. The van der Waals surface area contributed by atoms with Gasteiger partial charge in [-0.1, -0.05) is 30.2 Å². The highest BCUT2D eigenvalue weighted by Crippen LogP contribution is 2.40. The third-order valence-corrected chi connectivity index (χ3v) is 4.28. The summed E-state index contributed by atoms with van der Waals surface area (Å²) in [6, 6.07) is 12.9. The fraction of sp³-hybridized carbons (Fsp3) is 0.250. The number of methoxy groups -OCH3 is 1. The van der Waals surface area contributed by atoms with Crippen molar-refractivity contribution in [2.45, 2.75) is 19.6 Å². The third-order valence-electron chi connectivity index (χ3n) is 4.28. The van der Waals surface area contributed by atoms with Gasteiger partial charge in [-0.2, -0.15) is 4.98 Å². The molecule has 8 nitrogen and oxygen atoms in total. The summed E-state index contributed by atoms with van der Waals surface area (Å²) in [6.07, 6.45) is 0.259. The zero-order valence-corrected chi connectivity index (χ0v) is 15.5. The van der Waals surface area contributed by atoms with Gasteiger partial charge in [0.05, 0.1) is 13.7 Å². The molecule has 4 rings (SSSR count). The third kappa shape index (κ3) is 3.36. The van der Waals surface area contributed by atoms with Gasteiger partial charge in [0.15, 0.2) is 23.4 Å². The smallest absolute Gasteiger partial charge is 0.339 e. The van der Waals surface area contributed by atoms with Crippen LogP contribution in [0.4, 0.5) is 5.69 Å². The van der Waals surface area contributed by atoms with Gasteiger partial charge in [0.1, 0.15) is 0 Å². The van der Waals surface area contributed by atoms with Crippen molar-refractivity contribution in [3.8, 4) is 34.6 Å². The lowest BCUT2D eigenvalue weighted by atomic mass is 10.1. The van der Waals surface area contributed by atoms with E-state index in [0.29, 0.717) is 23.9 Å². The predicted molar refractivity (Wildman–Crippen MR) is 103 cm³/mol. The molecule has 8 heteroatoms. The number of nitrogens with one attached hydrogen (secondary N) is 1. The summed E-state index contributed by atoms with van der Waals surface area (Å²) in [5.41, 5.74) is 2.94. The van der Waals surface area contributed by atoms with Crippen molar-refractivity contribution >= 4 is 5.69 Å². The molecule has 0 bridgehead atoms. The number of para-hydroxylation sites is 1. The second-order valence-corrected chi connectivity index (χ2v) is 6.22. The molecule has 0 saturated heterocycles. The Labute approximate surface area is 162 Å². The maximum absolute atomic E-state index is 9.89. The van der Waals surface area contributed by atoms with Crippen LogP contribution in [0.5, 0.6) is 23.4 Å². The monoisotopic (exact) mass is 380 g/mol. The summed E-state index contributed by atoms with van der Waals surface area (Å²) in [4.78, 5) is 4.41. The molecular weight excluding hydrogens is 360 g/mol. The molecule has 144 valence electrons. The fourth-order valence-corrected chi connectivity index (χ4v) is 2.91. The van der Waals surface area contributed by atoms with Gasteiger partial charge in [0.25, 0.3) is 0 Å². The maximum atomic E-state index is 9.89. The van der Waals surface area contributed by atoms with Crippen LogP contribution in [0.2, 0.25) is 0 Å². The van der Waals surface area contributed by atoms with Crippen LogP contribution in [-0.2, 0) is 0 Å². The molecule has 2 N–H and O–H groups in total. The van der Waals surface area contributed by atoms with E-state index in [9.17, 15) is 5.11 Å². The van der Waals surface area contributed by atoms with Gasteiger partial charge in [0, 0.05) is 16.8 Å². The largest absolute Gasteiger partial charge is 0.504 e. The predicted octanol–water partition coefficient (Wildman–Crippen LogP) is 3.54. The molecule has 1 atom stereocenters. The number of aromatic nitrogens is 3. The molecule has 2 heterocycles. The standard InChI is InChI=1S/C20H20N4O4/c1-3-10-27-20-22-19-17(23-24-20)13-6-4-5-7-14(13)21-18(28-19)12-8-9-15(25)16(11-12)26-2/h4-9,11,18,21,25H,3,10H2,1-2H3. The van der Waals surface area contributed by atoms with Gasteiger partial charge >= 0.3 is 6.01 Å². The van der Waals surface area contributed by atoms with Gasteiger partial charge in [-0.25, -0.2) is 0 Å². The Balaban J connectivity index is 1.78. The van der Waals surface area contributed by atoms with Gasteiger partial charge < -0.3 is 24.6 Å². The van der Waals surface area contributed by atoms with Crippen LogP contribution in [0.3, 0.4) is 0 Å². The molecule has 0 spiro atoms. The average Bonchev–Trinajstić information content (AvgIpc) is 2.89. The average molecular weight is 380 g/mol. The first-order valence-electron chi connectivity index (χ1n) is 8.96. The van der Waals surface area contributed by atoms with E-state index in [1.165, 1.54) is 7.11 Å². The Hall–Kier alpha value is -3.55. The van der Waals surface area contributed by atoms with Gasteiger partial charge in [-0.05, 0) is 30.7 Å². The minimum Gasteiger partial charge on any atom is -0.504 e. The molecule has 1 aromatic heterocycles. The maximum Gasteiger partial charge on any atom is 0.339 e. The molecule has 0 aliphatic carbocycles. The van der Waals surface area contributed by atoms with Crippen LogP contribution in [-0.4, -0.2) is 34.0 Å². The number of phenols is 1. The molecule has 1 aliphatic rings. The summed E-state index contributed by atoms with van der Waals surface area (Å²) in [5.74, 6) is 0.726. The normalized spacial score (nSPS) is 14.7. The Morgan fingerprint density at radius 1 is 1.18 bits per heavy atom. The van der Waals surface area contributed by atoms with Crippen molar-refractivity contribution in [1.29, 1.82) is 0 Å². The lowest BCUT2D eigenvalue weighted by Crippen LogP contribution is -2.17. The van der Waals surface area contributed by atoms with Crippen molar-refractivity contribution in [2.24, 2.45) is 0 Å². The van der Waals surface area contributed by atoms with E-state index in [0.717, 1.165) is 23.2 Å². The van der Waals surface area contributed by atoms with Crippen molar-refractivity contribution in [1.82, 2.24) is 15.2 Å². The van der Waals surface area contributed by atoms with Crippen molar-refractivity contribution in [2.75, 3.05) is 19.0 Å². The number of ether oxygens (including phenoxy) is 3. The molecule has 28 heavy (non-hydrogen) atoms. The number of rotatable bonds is 5. The molecule has 1 aliphatic heterocycles. The van der Waals surface area contributed by atoms with E-state index in [1.807, 2.05) is 31.2 Å². The van der Waals surface area contributed by atoms with Gasteiger partial charge in [0.2, 0.25) is 5.88 Å². The fourth-order valence-electron chi connectivity index (χ4n) is 2.91. The molecule has 0 saturated carbocycles. The number of fused-ring (bicyclic) bond motifs is 3. The Kier molecular flexibility index (Phi) is 4.84. The number of benzene rings is 2. The van der Waals surface area contributed by atoms with Crippen LogP contribution < -0.4 is 19.5 Å². The number of hydrogen-bond donors (Lipinski definition) is 2. The van der Waals surface area contributed by atoms with Crippen LogP contribution in [0, 0.1) is 0 Å². The van der Waals surface area contributed by atoms with Crippen LogP contribution in [0.25, 0.3) is 11.3 Å². The summed E-state index contributed by atoms with van der Waals surface area (Å²) >= 11 is 0. The van der Waals surface area contributed by atoms with Crippen molar-refractivity contribution < 1.29 is 19.3 Å². The quantitative estimate of drug-likeness (QED) is 0.693. The zero-order chi connectivity index (χ0) is 19.5. The van der Waals surface area contributed by atoms with Crippen LogP contribution >= 0.6 is 0 Å². The first-order chi connectivity index (χ1) is 13.7. The van der Waals surface area contributed by atoms with Crippen LogP contribution in [0.15, 0.2) is 42.5 Å². The topological polar surface area (TPSA) is 98.6 Å². The van der Waals surface area contributed by atoms with Crippen molar-refractivity contribution in [3.05, 3.63) is 48.0 Å². The Morgan fingerprint density at radius 3 is 2.86 bits per heavy atom. The number of nitrogens with zero attached hydrogens (tertiary/aromatic N) is 3. The molecule has 3 aromatic rings. The van der Waals surface area contributed by atoms with E-state index in [1.54, 1.807) is 18.2 Å². The molecule has 1 unspecified atom stereocenters. The minimum absolute atomic E-state index is 0.0555. The van der Waals surface area contributed by atoms with E-state index in [4.69, 9.17) is 14.2 Å². The molecular formula is C20H20N4O4. The summed E-state index contributed by atoms with van der Waals surface area (Å²) in [6.45, 7) is 2.50. The Bertz CT molecular complexity index is 996. The van der Waals surface area contributed by atoms with Gasteiger partial charge in [-0.15, -0.1) is 5.10 Å². The highest BCUT2D eigenvalue weighted by Gasteiger charge is 2.26. The molecule has 0 fully saturated rings. The lowest BCUT2D eigenvalue weighted by Gasteiger charge is -2.20. The highest BCUT2D eigenvalue weighted by molar-refractivity contribution is 5.79. The number of hydrogen-bond acceptors (Lipinski definition) is 8. The SMILES string of the molecule is CCCOc1nnc2c(n1)OC(c1ccc(O)c(OC)c1)Nc1ccccc1-2. The Morgan fingerprint density at radius 2 is 2.04 bits per heavy atom. The van der Waals surface area contributed by atoms with E-state index >= 15 is 0 Å². The summed E-state index contributed by atoms with van der Waals surface area (Å²) in [5, 5.41) is 21.6. The summed E-state index contributed by atoms with van der Waals surface area (Å²) in [7, 11) is 1.50. The molecule has 2 aromatic carbocycles. The van der Waals surface area contributed by atoms with E-state index in [-0.39, 0.29) is 11.8 Å². The highest BCUT2D eigenvalue weighted by atomic mass is 16.5. The van der Waals surface area contributed by atoms with E-state index in [2.05, 4.69) is 20.5 Å². The second kappa shape index (κ2) is 7.59. The second-order valence-electron chi connectivity index (χ2n) is 6.22. The van der Waals surface area contributed by atoms with Crippen LogP contribution in [0.1, 0.15) is 25.1 Å². The minimum atomic E-state index is -0.576. The number of anilines is 1. The zero-order valence-electron chi connectivity index (χ0n) is 15.5. The lowest BCUT2D eigenvalue weighted by molar-refractivity contribution is 0.217. The van der Waals surface area contributed by atoms with Crippen molar-refractivity contribution in [3.63, 3.8) is 0 Å².